The molecule has 0 saturated heterocycles. The Morgan fingerprint density at radius 3 is 2.35 bits per heavy atom. The van der Waals surface area contributed by atoms with Crippen molar-refractivity contribution in [1.29, 1.82) is 0 Å². The summed E-state index contributed by atoms with van der Waals surface area (Å²) in [7, 11) is 0. The fourth-order valence-electron chi connectivity index (χ4n) is 2.75. The average molecular weight is 269 g/mol. The molecule has 1 aromatic carbocycles. The van der Waals surface area contributed by atoms with E-state index in [0.717, 1.165) is 0 Å². The molecule has 1 heterocycles. The van der Waals surface area contributed by atoms with Crippen LogP contribution in [0, 0.1) is 0 Å². The summed E-state index contributed by atoms with van der Waals surface area (Å²) in [5, 5.41) is 2.56. The minimum Gasteiger partial charge on any atom is -0.264 e. The van der Waals surface area contributed by atoms with Crippen LogP contribution >= 0.6 is 0 Å². The first-order chi connectivity index (χ1) is 9.90. The second-order valence-electron chi connectivity index (χ2n) is 5.78. The van der Waals surface area contributed by atoms with Gasteiger partial charge in [-0.05, 0) is 29.9 Å². The lowest BCUT2D eigenvalue weighted by atomic mass is 10.0. The van der Waals surface area contributed by atoms with E-state index in [4.69, 9.17) is 0 Å². The summed E-state index contributed by atoms with van der Waals surface area (Å²) in [6.45, 7) is 2.28. The van der Waals surface area contributed by atoms with E-state index in [1.807, 2.05) is 12.4 Å². The van der Waals surface area contributed by atoms with Crippen molar-refractivity contribution >= 4 is 10.8 Å². The lowest BCUT2D eigenvalue weighted by Crippen LogP contribution is -1.87. The zero-order valence-electron chi connectivity index (χ0n) is 12.8. The first-order valence-corrected chi connectivity index (χ1v) is 8.23. The predicted molar refractivity (Wildman–Crippen MR) is 88.1 cm³/mol. The van der Waals surface area contributed by atoms with E-state index in [2.05, 4.69) is 36.2 Å². The highest BCUT2D eigenvalue weighted by atomic mass is 14.6. The maximum absolute atomic E-state index is 4.16. The van der Waals surface area contributed by atoms with Crippen molar-refractivity contribution in [2.24, 2.45) is 0 Å². The third-order valence-electron chi connectivity index (χ3n) is 4.02. The maximum Gasteiger partial charge on any atom is 0.0346 e. The zero-order valence-corrected chi connectivity index (χ0v) is 12.8. The molecule has 0 atom stereocenters. The largest absolute Gasteiger partial charge is 0.264 e. The van der Waals surface area contributed by atoms with Gasteiger partial charge in [0.2, 0.25) is 0 Å². The summed E-state index contributed by atoms with van der Waals surface area (Å²) in [6.07, 6.45) is 16.2. The Morgan fingerprint density at radius 2 is 1.55 bits per heavy atom. The topological polar surface area (TPSA) is 12.9 Å². The van der Waals surface area contributed by atoms with Crippen LogP contribution in [0.1, 0.15) is 63.9 Å². The number of hydrogen-bond donors (Lipinski definition) is 0. The molecular formula is C19H27N. The van der Waals surface area contributed by atoms with Gasteiger partial charge in [0.15, 0.2) is 0 Å². The van der Waals surface area contributed by atoms with Gasteiger partial charge in [-0.25, -0.2) is 0 Å². The second kappa shape index (κ2) is 8.73. The van der Waals surface area contributed by atoms with E-state index < -0.39 is 0 Å². The van der Waals surface area contributed by atoms with E-state index in [9.17, 15) is 0 Å². The minimum absolute atomic E-state index is 1.22. The fourth-order valence-corrected chi connectivity index (χ4v) is 2.75. The highest BCUT2D eigenvalue weighted by Crippen LogP contribution is 2.17. The molecule has 0 unspecified atom stereocenters. The number of benzene rings is 1. The van der Waals surface area contributed by atoms with Gasteiger partial charge in [-0.15, -0.1) is 0 Å². The summed E-state index contributed by atoms with van der Waals surface area (Å²) < 4.78 is 0. The molecule has 20 heavy (non-hydrogen) atoms. The number of pyridine rings is 1. The van der Waals surface area contributed by atoms with E-state index in [0.29, 0.717) is 0 Å². The second-order valence-corrected chi connectivity index (χ2v) is 5.78. The number of unbranched alkanes of at least 4 members (excludes halogenated alkanes) is 7. The summed E-state index contributed by atoms with van der Waals surface area (Å²) >= 11 is 0. The SMILES string of the molecule is CCCCCCCCCCc1ccc2cnccc2c1. The lowest BCUT2D eigenvalue weighted by molar-refractivity contribution is 0.575. The van der Waals surface area contributed by atoms with Crippen LogP contribution in [0.25, 0.3) is 10.8 Å². The van der Waals surface area contributed by atoms with E-state index in [1.165, 1.54) is 74.1 Å². The van der Waals surface area contributed by atoms with Gasteiger partial charge in [0, 0.05) is 17.8 Å². The molecule has 0 saturated carbocycles. The average Bonchev–Trinajstić information content (AvgIpc) is 2.50. The molecule has 2 aromatic rings. The van der Waals surface area contributed by atoms with Crippen molar-refractivity contribution in [3.8, 4) is 0 Å². The van der Waals surface area contributed by atoms with E-state index in [1.54, 1.807) is 0 Å². The Morgan fingerprint density at radius 1 is 0.800 bits per heavy atom. The predicted octanol–water partition coefficient (Wildman–Crippen LogP) is 5.92. The normalized spacial score (nSPS) is 11.1. The van der Waals surface area contributed by atoms with Gasteiger partial charge in [0.1, 0.15) is 0 Å². The van der Waals surface area contributed by atoms with Crippen molar-refractivity contribution < 1.29 is 0 Å². The third-order valence-corrected chi connectivity index (χ3v) is 4.02. The first kappa shape index (κ1) is 15.0. The molecule has 0 amide bonds. The van der Waals surface area contributed by atoms with Crippen LogP contribution in [0.3, 0.4) is 0 Å². The van der Waals surface area contributed by atoms with Gasteiger partial charge in [0.25, 0.3) is 0 Å². The fraction of sp³-hybridized carbons (Fsp3) is 0.526. The molecule has 0 N–H and O–H groups in total. The first-order valence-electron chi connectivity index (χ1n) is 8.23. The summed E-state index contributed by atoms with van der Waals surface area (Å²) in [5.41, 5.74) is 1.47. The Hall–Kier alpha value is -1.37. The number of aryl methyl sites for hydroxylation is 1. The Kier molecular flexibility index (Phi) is 6.56. The number of aromatic nitrogens is 1. The van der Waals surface area contributed by atoms with Crippen LogP contribution in [0.4, 0.5) is 0 Å². The number of nitrogens with zero attached hydrogens (tertiary/aromatic N) is 1. The third kappa shape index (κ3) is 4.96. The molecule has 0 aliphatic heterocycles. The van der Waals surface area contributed by atoms with Gasteiger partial charge in [-0.3, -0.25) is 4.98 Å². The molecule has 2 rings (SSSR count). The Balaban J connectivity index is 1.65. The van der Waals surface area contributed by atoms with Crippen LogP contribution in [-0.2, 0) is 6.42 Å². The van der Waals surface area contributed by atoms with E-state index in [-0.39, 0.29) is 0 Å². The van der Waals surface area contributed by atoms with Crippen molar-refractivity contribution in [3.05, 3.63) is 42.2 Å². The van der Waals surface area contributed by atoms with Gasteiger partial charge in [-0.2, -0.15) is 0 Å². The molecule has 0 bridgehead atoms. The quantitative estimate of drug-likeness (QED) is 0.515. The van der Waals surface area contributed by atoms with Crippen LogP contribution < -0.4 is 0 Å². The monoisotopic (exact) mass is 269 g/mol. The van der Waals surface area contributed by atoms with Crippen molar-refractivity contribution in [2.45, 2.75) is 64.7 Å². The highest BCUT2D eigenvalue weighted by molar-refractivity contribution is 5.81. The molecule has 1 aromatic heterocycles. The number of fused-ring (bicyclic) bond motifs is 1. The zero-order chi connectivity index (χ0) is 14.0. The van der Waals surface area contributed by atoms with Gasteiger partial charge in [-0.1, -0.05) is 70.1 Å². The lowest BCUT2D eigenvalue weighted by Gasteiger charge is -2.04. The Labute approximate surface area is 123 Å². The highest BCUT2D eigenvalue weighted by Gasteiger charge is 1.97. The van der Waals surface area contributed by atoms with Crippen LogP contribution in [-0.4, -0.2) is 4.98 Å². The minimum atomic E-state index is 1.22. The molecule has 0 fully saturated rings. The summed E-state index contributed by atoms with van der Waals surface area (Å²) in [4.78, 5) is 4.16. The number of rotatable bonds is 9. The molecular weight excluding hydrogens is 242 g/mol. The van der Waals surface area contributed by atoms with Crippen molar-refractivity contribution in [2.75, 3.05) is 0 Å². The smallest absolute Gasteiger partial charge is 0.0346 e. The van der Waals surface area contributed by atoms with Crippen molar-refractivity contribution in [3.63, 3.8) is 0 Å². The van der Waals surface area contributed by atoms with Crippen LogP contribution in [0.2, 0.25) is 0 Å². The maximum atomic E-state index is 4.16. The molecule has 0 aliphatic carbocycles. The van der Waals surface area contributed by atoms with Crippen LogP contribution in [0.15, 0.2) is 36.7 Å². The molecule has 0 radical (unpaired) electrons. The standard InChI is InChI=1S/C19H27N/c1-2-3-4-5-6-7-8-9-10-17-11-12-19-16-20-14-13-18(19)15-17/h11-16H,2-10H2,1H3. The molecule has 1 heteroatoms. The summed E-state index contributed by atoms with van der Waals surface area (Å²) in [6, 6.07) is 8.87. The van der Waals surface area contributed by atoms with Gasteiger partial charge < -0.3 is 0 Å². The molecule has 108 valence electrons. The summed E-state index contributed by atoms with van der Waals surface area (Å²) in [5.74, 6) is 0. The molecule has 1 nitrogen and oxygen atoms in total. The van der Waals surface area contributed by atoms with E-state index >= 15 is 0 Å². The van der Waals surface area contributed by atoms with Crippen molar-refractivity contribution in [1.82, 2.24) is 4.98 Å². The number of hydrogen-bond acceptors (Lipinski definition) is 1. The Bertz CT molecular complexity index is 504. The van der Waals surface area contributed by atoms with Gasteiger partial charge >= 0.3 is 0 Å². The van der Waals surface area contributed by atoms with Crippen LogP contribution in [0.5, 0.6) is 0 Å². The molecule has 0 aliphatic rings. The molecule has 0 spiro atoms. The van der Waals surface area contributed by atoms with Gasteiger partial charge in [0.05, 0.1) is 0 Å².